The lowest BCUT2D eigenvalue weighted by Crippen LogP contribution is -2.40. The number of benzene rings is 1. The minimum absolute atomic E-state index is 0.117. The Bertz CT molecular complexity index is 766. The number of aliphatic carboxylic acids is 1. The molecule has 1 saturated heterocycles. The van der Waals surface area contributed by atoms with Crippen LogP contribution in [0.5, 0.6) is 5.75 Å². The van der Waals surface area contributed by atoms with Gasteiger partial charge in [-0.05, 0) is 31.9 Å². The van der Waals surface area contributed by atoms with Gasteiger partial charge in [-0.15, -0.1) is 11.3 Å². The van der Waals surface area contributed by atoms with Gasteiger partial charge in [0.05, 0.1) is 22.2 Å². The van der Waals surface area contributed by atoms with Crippen molar-refractivity contribution >= 4 is 23.2 Å². The fourth-order valence-corrected chi connectivity index (χ4v) is 3.49. The minimum atomic E-state index is -0.783. The molecule has 132 valence electrons. The number of para-hydroxylation sites is 1. The number of carbonyl (C=O) groups excluding carboxylic acids is 1. The first-order valence-electron chi connectivity index (χ1n) is 8.19. The van der Waals surface area contributed by atoms with E-state index in [1.807, 2.05) is 18.4 Å². The van der Waals surface area contributed by atoms with E-state index < -0.39 is 5.97 Å². The number of hydrogen-bond donors (Lipinski definition) is 1. The first-order chi connectivity index (χ1) is 12.0. The van der Waals surface area contributed by atoms with Crippen molar-refractivity contribution in [3.8, 4) is 5.75 Å². The fourth-order valence-electron chi connectivity index (χ4n) is 2.90. The molecule has 1 N–H and O–H groups in total. The number of hydrogen-bond acceptors (Lipinski definition) is 5. The number of amides is 1. The third-order valence-electron chi connectivity index (χ3n) is 4.29. The van der Waals surface area contributed by atoms with Crippen molar-refractivity contribution in [3.63, 3.8) is 0 Å². The number of rotatable bonds is 5. The largest absolute Gasteiger partial charge is 0.486 e. The van der Waals surface area contributed by atoms with Crippen molar-refractivity contribution in [2.24, 2.45) is 5.92 Å². The smallest absolute Gasteiger partial charge is 0.306 e. The Labute approximate surface area is 150 Å². The van der Waals surface area contributed by atoms with Crippen molar-refractivity contribution < 1.29 is 19.4 Å². The highest BCUT2D eigenvalue weighted by molar-refractivity contribution is 7.09. The molecule has 1 amide bonds. The van der Waals surface area contributed by atoms with E-state index in [9.17, 15) is 9.59 Å². The monoisotopic (exact) mass is 360 g/mol. The molecule has 0 bridgehead atoms. The molecule has 25 heavy (non-hydrogen) atoms. The van der Waals surface area contributed by atoms with E-state index in [1.54, 1.807) is 34.4 Å². The van der Waals surface area contributed by atoms with Gasteiger partial charge >= 0.3 is 5.97 Å². The van der Waals surface area contributed by atoms with Crippen molar-refractivity contribution in [3.05, 3.63) is 45.9 Å². The molecule has 0 radical (unpaired) electrons. The molecule has 0 aliphatic carbocycles. The Hall–Kier alpha value is -2.41. The zero-order valence-corrected chi connectivity index (χ0v) is 14.8. The maximum atomic E-state index is 12.8. The third-order valence-corrected chi connectivity index (χ3v) is 5.11. The summed E-state index contributed by atoms with van der Waals surface area (Å²) in [7, 11) is 0. The number of likely N-dealkylation sites (tertiary alicyclic amines) is 1. The molecule has 7 heteroatoms. The average molecular weight is 360 g/mol. The highest BCUT2D eigenvalue weighted by Crippen LogP contribution is 2.24. The van der Waals surface area contributed by atoms with Crippen molar-refractivity contribution in [1.82, 2.24) is 9.88 Å². The predicted molar refractivity (Wildman–Crippen MR) is 93.9 cm³/mol. The topological polar surface area (TPSA) is 79.7 Å². The maximum Gasteiger partial charge on any atom is 0.306 e. The zero-order valence-electron chi connectivity index (χ0n) is 14.0. The van der Waals surface area contributed by atoms with E-state index in [1.165, 1.54) is 0 Å². The second-order valence-electron chi connectivity index (χ2n) is 6.05. The van der Waals surface area contributed by atoms with Gasteiger partial charge in [-0.1, -0.05) is 12.1 Å². The minimum Gasteiger partial charge on any atom is -0.486 e. The molecule has 0 saturated carbocycles. The molecule has 0 unspecified atom stereocenters. The predicted octanol–water partition coefficient (Wildman–Crippen LogP) is 2.97. The van der Waals surface area contributed by atoms with Gasteiger partial charge in [0.2, 0.25) is 0 Å². The highest BCUT2D eigenvalue weighted by Gasteiger charge is 2.28. The van der Waals surface area contributed by atoms with Gasteiger partial charge in [-0.25, -0.2) is 4.98 Å². The molecule has 2 heterocycles. The van der Waals surface area contributed by atoms with Crippen LogP contribution in [0.3, 0.4) is 0 Å². The van der Waals surface area contributed by atoms with Crippen molar-refractivity contribution in [2.45, 2.75) is 26.4 Å². The van der Waals surface area contributed by atoms with Crippen LogP contribution in [0.25, 0.3) is 0 Å². The molecular weight excluding hydrogens is 340 g/mol. The molecule has 1 aromatic heterocycles. The van der Waals surface area contributed by atoms with Gasteiger partial charge < -0.3 is 14.7 Å². The Morgan fingerprint density at radius 2 is 2.04 bits per heavy atom. The van der Waals surface area contributed by atoms with Crippen molar-refractivity contribution in [1.29, 1.82) is 0 Å². The van der Waals surface area contributed by atoms with E-state index in [0.29, 0.717) is 43.9 Å². The van der Waals surface area contributed by atoms with Crippen LogP contribution in [-0.4, -0.2) is 40.0 Å². The summed E-state index contributed by atoms with van der Waals surface area (Å²) in [6, 6.07) is 7.15. The molecular formula is C18H20N2O4S. The summed E-state index contributed by atoms with van der Waals surface area (Å²) in [5.74, 6) is -0.731. The summed E-state index contributed by atoms with van der Waals surface area (Å²) in [6.07, 6.45) is 0.977. The van der Waals surface area contributed by atoms with Crippen LogP contribution in [0.1, 0.15) is 33.9 Å². The summed E-state index contributed by atoms with van der Waals surface area (Å²) in [4.78, 5) is 29.9. The van der Waals surface area contributed by atoms with Gasteiger partial charge in [0, 0.05) is 18.5 Å². The lowest BCUT2D eigenvalue weighted by atomic mass is 9.96. The first kappa shape index (κ1) is 17.4. The Morgan fingerprint density at radius 1 is 1.32 bits per heavy atom. The third kappa shape index (κ3) is 4.17. The Morgan fingerprint density at radius 3 is 2.68 bits per heavy atom. The number of carboxylic acids is 1. The lowest BCUT2D eigenvalue weighted by molar-refractivity contribution is -0.143. The molecule has 1 fully saturated rings. The summed E-state index contributed by atoms with van der Waals surface area (Å²) < 4.78 is 5.81. The molecule has 6 nitrogen and oxygen atoms in total. The molecule has 2 aromatic rings. The van der Waals surface area contributed by atoms with Crippen LogP contribution in [-0.2, 0) is 11.4 Å². The van der Waals surface area contributed by atoms with Crippen LogP contribution in [0, 0.1) is 12.8 Å². The normalized spacial score (nSPS) is 15.2. The number of carbonyl (C=O) groups is 2. The lowest BCUT2D eigenvalue weighted by Gasteiger charge is -2.30. The van der Waals surface area contributed by atoms with Gasteiger partial charge in [0.15, 0.2) is 0 Å². The SMILES string of the molecule is Cc1nc(COc2ccccc2C(=O)N2CCC(C(=O)O)CC2)cs1. The number of aromatic nitrogens is 1. The van der Waals surface area contributed by atoms with Crippen molar-refractivity contribution in [2.75, 3.05) is 13.1 Å². The number of ether oxygens (including phenoxy) is 1. The summed E-state index contributed by atoms with van der Waals surface area (Å²) in [5, 5.41) is 12.0. The standard InChI is InChI=1S/C18H20N2O4S/c1-12-19-14(11-25-12)10-24-16-5-3-2-4-15(16)17(21)20-8-6-13(7-9-20)18(22)23/h2-5,11,13H,6-10H2,1H3,(H,22,23). The molecule has 3 rings (SSSR count). The molecule has 0 spiro atoms. The molecule has 0 atom stereocenters. The summed E-state index contributed by atoms with van der Waals surface area (Å²) in [6.45, 7) is 3.16. The Balaban J connectivity index is 1.67. The van der Waals surface area contributed by atoms with E-state index in [4.69, 9.17) is 9.84 Å². The second-order valence-corrected chi connectivity index (χ2v) is 7.11. The fraction of sp³-hybridized carbons (Fsp3) is 0.389. The molecule has 1 aliphatic heterocycles. The van der Waals surface area contributed by atoms with Crippen LogP contribution >= 0.6 is 11.3 Å². The number of thiazole rings is 1. The second kappa shape index (κ2) is 7.65. The summed E-state index contributed by atoms with van der Waals surface area (Å²) >= 11 is 1.56. The van der Waals surface area contributed by atoms with E-state index >= 15 is 0 Å². The van der Waals surface area contributed by atoms with E-state index in [2.05, 4.69) is 4.98 Å². The number of carboxylic acid groups (broad SMARTS) is 1. The van der Waals surface area contributed by atoms with E-state index in [-0.39, 0.29) is 11.8 Å². The van der Waals surface area contributed by atoms with Crippen LogP contribution in [0.4, 0.5) is 0 Å². The van der Waals surface area contributed by atoms with Gasteiger partial charge in [-0.2, -0.15) is 0 Å². The quantitative estimate of drug-likeness (QED) is 0.887. The molecule has 1 aromatic carbocycles. The van der Waals surface area contributed by atoms with Gasteiger partial charge in [0.1, 0.15) is 12.4 Å². The van der Waals surface area contributed by atoms with Gasteiger partial charge in [-0.3, -0.25) is 9.59 Å². The maximum absolute atomic E-state index is 12.8. The zero-order chi connectivity index (χ0) is 17.8. The average Bonchev–Trinajstić information content (AvgIpc) is 3.05. The van der Waals surface area contributed by atoms with Crippen LogP contribution < -0.4 is 4.74 Å². The number of aryl methyl sites for hydroxylation is 1. The Kier molecular flexibility index (Phi) is 5.33. The summed E-state index contributed by atoms with van der Waals surface area (Å²) in [5.41, 5.74) is 1.34. The first-order valence-corrected chi connectivity index (χ1v) is 9.07. The van der Waals surface area contributed by atoms with E-state index in [0.717, 1.165) is 10.7 Å². The van der Waals surface area contributed by atoms with Crippen LogP contribution in [0.2, 0.25) is 0 Å². The highest BCUT2D eigenvalue weighted by atomic mass is 32.1. The van der Waals surface area contributed by atoms with Gasteiger partial charge in [0.25, 0.3) is 5.91 Å². The number of piperidine rings is 1. The molecule has 1 aliphatic rings. The number of nitrogens with zero attached hydrogens (tertiary/aromatic N) is 2. The van der Waals surface area contributed by atoms with Crippen LogP contribution in [0.15, 0.2) is 29.6 Å².